The Balaban J connectivity index is 1.66. The van der Waals surface area contributed by atoms with E-state index in [1.54, 1.807) is 43.3 Å². The molecular weight excluding hydrogens is 432 g/mol. The Morgan fingerprint density at radius 2 is 1.67 bits per heavy atom. The van der Waals surface area contributed by atoms with Crippen molar-refractivity contribution < 1.29 is 17.9 Å². The van der Waals surface area contributed by atoms with Gasteiger partial charge in [0.1, 0.15) is 6.10 Å². The molecule has 178 valence electrons. The molecule has 33 heavy (non-hydrogen) atoms. The summed E-state index contributed by atoms with van der Waals surface area (Å²) in [5.74, 6) is -0.0179. The molecule has 0 aliphatic heterocycles. The van der Waals surface area contributed by atoms with Crippen LogP contribution >= 0.6 is 0 Å². The SMILES string of the molecule is C[C@@H]1CC[C@@H](C(C)(C)c2ccccc2)[C@H](OC(=O)/C=C/[C@H](C)CS(=O)(=O)c2ccccc2)C1. The lowest BCUT2D eigenvalue weighted by Gasteiger charge is -2.43. The number of hydrogen-bond acceptors (Lipinski definition) is 4. The van der Waals surface area contributed by atoms with E-state index >= 15 is 0 Å². The standard InChI is InChI=1S/C28H36O4S/c1-21-15-17-25(28(3,4)23-11-7-5-8-12-23)26(19-21)32-27(29)18-16-22(2)20-33(30,31)24-13-9-6-10-14-24/h5-14,16,18,21-22,25-26H,15,17,19-20H2,1-4H3/b18-16+/t21-,22+,25-,26-/m1/s1. The van der Waals surface area contributed by atoms with Crippen LogP contribution in [0.3, 0.4) is 0 Å². The van der Waals surface area contributed by atoms with Crippen LogP contribution in [0, 0.1) is 17.8 Å². The summed E-state index contributed by atoms with van der Waals surface area (Å²) in [7, 11) is -3.40. The molecule has 2 aromatic rings. The van der Waals surface area contributed by atoms with Gasteiger partial charge in [-0.25, -0.2) is 13.2 Å². The number of hydrogen-bond donors (Lipinski definition) is 0. The summed E-state index contributed by atoms with van der Waals surface area (Å²) in [6.45, 7) is 8.47. The van der Waals surface area contributed by atoms with Crippen molar-refractivity contribution in [2.45, 2.75) is 63.4 Å². The highest BCUT2D eigenvalue weighted by molar-refractivity contribution is 7.91. The highest BCUT2D eigenvalue weighted by Gasteiger charge is 2.41. The summed E-state index contributed by atoms with van der Waals surface area (Å²) in [6, 6.07) is 18.8. The summed E-state index contributed by atoms with van der Waals surface area (Å²) in [5.41, 5.74) is 1.13. The van der Waals surface area contributed by atoms with E-state index in [2.05, 4.69) is 45.0 Å². The lowest BCUT2D eigenvalue weighted by Crippen LogP contribution is -2.43. The summed E-state index contributed by atoms with van der Waals surface area (Å²) in [4.78, 5) is 13.0. The van der Waals surface area contributed by atoms with Gasteiger partial charge in [-0.05, 0) is 47.8 Å². The smallest absolute Gasteiger partial charge is 0.330 e. The molecule has 1 aliphatic carbocycles. The van der Waals surface area contributed by atoms with Gasteiger partial charge in [-0.2, -0.15) is 0 Å². The summed E-state index contributed by atoms with van der Waals surface area (Å²) in [6.07, 6.45) is 5.86. The van der Waals surface area contributed by atoms with Crippen molar-refractivity contribution in [2.24, 2.45) is 17.8 Å². The van der Waals surface area contributed by atoms with Gasteiger partial charge in [0.2, 0.25) is 0 Å². The van der Waals surface area contributed by atoms with Crippen LogP contribution in [0.25, 0.3) is 0 Å². The Bertz CT molecular complexity index is 1040. The van der Waals surface area contributed by atoms with Crippen LogP contribution in [0.5, 0.6) is 0 Å². The minimum absolute atomic E-state index is 0.0507. The number of ether oxygens (including phenoxy) is 1. The van der Waals surface area contributed by atoms with E-state index < -0.39 is 15.8 Å². The molecule has 4 atom stereocenters. The Kier molecular flexibility index (Phi) is 8.17. The molecule has 0 heterocycles. The minimum Gasteiger partial charge on any atom is -0.459 e. The first-order chi connectivity index (χ1) is 15.6. The van der Waals surface area contributed by atoms with Gasteiger partial charge in [-0.3, -0.25) is 0 Å². The van der Waals surface area contributed by atoms with Crippen LogP contribution in [0.15, 0.2) is 77.7 Å². The normalized spacial score (nSPS) is 22.7. The molecular formula is C28H36O4S. The average molecular weight is 469 g/mol. The van der Waals surface area contributed by atoms with Crippen LogP contribution in [-0.4, -0.2) is 26.2 Å². The van der Waals surface area contributed by atoms with Gasteiger partial charge >= 0.3 is 5.97 Å². The maximum absolute atomic E-state index is 12.7. The van der Waals surface area contributed by atoms with E-state index in [1.165, 1.54) is 11.6 Å². The third kappa shape index (κ3) is 6.57. The lowest BCUT2D eigenvalue weighted by molar-refractivity contribution is -0.150. The van der Waals surface area contributed by atoms with Gasteiger partial charge in [0, 0.05) is 12.0 Å². The zero-order chi connectivity index (χ0) is 24.1. The van der Waals surface area contributed by atoms with Gasteiger partial charge in [0.05, 0.1) is 10.6 Å². The second-order valence-corrected chi connectivity index (χ2v) is 12.1. The quantitative estimate of drug-likeness (QED) is 0.353. The van der Waals surface area contributed by atoms with E-state index in [4.69, 9.17) is 4.74 Å². The van der Waals surface area contributed by atoms with Crippen LogP contribution in [0.2, 0.25) is 0 Å². The van der Waals surface area contributed by atoms with Crippen LogP contribution < -0.4 is 0 Å². The highest BCUT2D eigenvalue weighted by Crippen LogP contribution is 2.43. The monoisotopic (exact) mass is 468 g/mol. The van der Waals surface area contributed by atoms with Gasteiger partial charge in [-0.15, -0.1) is 0 Å². The highest BCUT2D eigenvalue weighted by atomic mass is 32.2. The maximum Gasteiger partial charge on any atom is 0.330 e. The van der Waals surface area contributed by atoms with Crippen molar-refractivity contribution in [2.75, 3.05) is 5.75 Å². The third-order valence-electron chi connectivity index (χ3n) is 6.91. The zero-order valence-electron chi connectivity index (χ0n) is 20.1. The fraction of sp³-hybridized carbons (Fsp3) is 0.464. The van der Waals surface area contributed by atoms with Gasteiger partial charge < -0.3 is 4.74 Å². The van der Waals surface area contributed by atoms with Gasteiger partial charge in [0.15, 0.2) is 9.84 Å². The first-order valence-corrected chi connectivity index (χ1v) is 13.5. The second kappa shape index (κ2) is 10.7. The molecule has 4 nitrogen and oxygen atoms in total. The molecule has 0 spiro atoms. The molecule has 1 fully saturated rings. The topological polar surface area (TPSA) is 60.4 Å². The zero-order valence-corrected chi connectivity index (χ0v) is 20.9. The van der Waals surface area contributed by atoms with Crippen molar-refractivity contribution in [1.82, 2.24) is 0 Å². The lowest BCUT2D eigenvalue weighted by atomic mass is 9.64. The fourth-order valence-electron chi connectivity index (χ4n) is 4.92. The summed E-state index contributed by atoms with van der Waals surface area (Å²) >= 11 is 0. The van der Waals surface area contributed by atoms with E-state index in [-0.39, 0.29) is 29.1 Å². The molecule has 0 radical (unpaired) electrons. The number of benzene rings is 2. The van der Waals surface area contributed by atoms with Crippen molar-refractivity contribution in [3.05, 3.63) is 78.4 Å². The Hall–Kier alpha value is -2.40. The molecule has 2 aromatic carbocycles. The minimum atomic E-state index is -3.40. The Morgan fingerprint density at radius 3 is 2.30 bits per heavy atom. The molecule has 0 unspecified atom stereocenters. The summed E-state index contributed by atoms with van der Waals surface area (Å²) < 4.78 is 31.1. The average Bonchev–Trinajstić information content (AvgIpc) is 2.78. The molecule has 3 rings (SSSR count). The number of esters is 1. The molecule has 1 aliphatic rings. The van der Waals surface area contributed by atoms with E-state index in [9.17, 15) is 13.2 Å². The second-order valence-electron chi connectivity index (χ2n) is 10.0. The van der Waals surface area contributed by atoms with Crippen molar-refractivity contribution in [1.29, 1.82) is 0 Å². The number of carbonyl (C=O) groups excluding carboxylic acids is 1. The van der Waals surface area contributed by atoms with Crippen LogP contribution in [0.1, 0.15) is 52.5 Å². The van der Waals surface area contributed by atoms with Crippen molar-refractivity contribution >= 4 is 15.8 Å². The number of allylic oxidation sites excluding steroid dienone is 1. The molecule has 0 amide bonds. The molecule has 0 N–H and O–H groups in total. The number of sulfone groups is 1. The fourth-order valence-corrected chi connectivity index (χ4v) is 6.49. The summed E-state index contributed by atoms with van der Waals surface area (Å²) in [5, 5.41) is 0. The largest absolute Gasteiger partial charge is 0.459 e. The van der Waals surface area contributed by atoms with Gasteiger partial charge in [-0.1, -0.05) is 88.7 Å². The van der Waals surface area contributed by atoms with E-state index in [0.29, 0.717) is 10.8 Å². The maximum atomic E-state index is 12.7. The van der Waals surface area contributed by atoms with Gasteiger partial charge in [0.25, 0.3) is 0 Å². The molecule has 0 bridgehead atoms. The third-order valence-corrected chi connectivity index (χ3v) is 8.87. The van der Waals surface area contributed by atoms with E-state index in [0.717, 1.165) is 19.3 Å². The van der Waals surface area contributed by atoms with Crippen LogP contribution in [0.4, 0.5) is 0 Å². The van der Waals surface area contributed by atoms with Crippen molar-refractivity contribution in [3.63, 3.8) is 0 Å². The molecule has 1 saturated carbocycles. The Labute approximate surface area is 199 Å². The first kappa shape index (κ1) is 25.2. The number of rotatable bonds is 8. The Morgan fingerprint density at radius 1 is 1.06 bits per heavy atom. The molecule has 0 aromatic heterocycles. The van der Waals surface area contributed by atoms with Crippen LogP contribution in [-0.2, 0) is 24.8 Å². The predicted octanol–water partition coefficient (Wildman–Crippen LogP) is 5.98. The molecule has 5 heteroatoms. The number of carbonyl (C=O) groups is 1. The predicted molar refractivity (Wildman–Crippen MR) is 133 cm³/mol. The van der Waals surface area contributed by atoms with E-state index in [1.807, 2.05) is 6.07 Å². The molecule has 0 saturated heterocycles. The first-order valence-electron chi connectivity index (χ1n) is 11.8. The van der Waals surface area contributed by atoms with Crippen molar-refractivity contribution in [3.8, 4) is 0 Å².